The first-order valence-corrected chi connectivity index (χ1v) is 4.61. The number of aryl methyl sites for hydroxylation is 1. The fraction of sp³-hybridized carbons (Fsp3) is 0.750. The lowest BCUT2D eigenvalue weighted by molar-refractivity contribution is 0.625. The Morgan fingerprint density at radius 3 is 3.10 bits per heavy atom. The Kier molecular flexibility index (Phi) is 2.88. The molecule has 0 spiro atoms. The largest absolute Gasteiger partial charge is 0.242 e. The molecule has 0 unspecified atom stereocenters. The summed E-state index contributed by atoms with van der Waals surface area (Å²) < 4.78 is 2.26. The van der Waals surface area contributed by atoms with Gasteiger partial charge in [-0.05, 0) is 18.5 Å². The van der Waals surface area contributed by atoms with Crippen LogP contribution < -0.4 is 0 Å². The van der Waals surface area contributed by atoms with Gasteiger partial charge in [0, 0.05) is 5.75 Å². The van der Waals surface area contributed by atoms with Gasteiger partial charge < -0.3 is 0 Å². The van der Waals surface area contributed by atoms with Gasteiger partial charge in [-0.25, -0.2) is 4.68 Å². The molecule has 0 aliphatic rings. The predicted molar refractivity (Wildman–Crippen MR) is 43.6 cm³/mol. The molecule has 6 heteroatoms. The molecule has 0 bridgehead atoms. The van der Waals surface area contributed by atoms with Gasteiger partial charge in [0.05, 0.1) is 6.54 Å². The van der Waals surface area contributed by atoms with Gasteiger partial charge in [0.25, 0.3) is 0 Å². The van der Waals surface area contributed by atoms with Crippen molar-refractivity contribution in [3.05, 3.63) is 4.77 Å². The summed E-state index contributed by atoms with van der Waals surface area (Å²) in [6.07, 6.45) is 2.05. The normalized spacial score (nSPS) is 10.1. The summed E-state index contributed by atoms with van der Waals surface area (Å²) in [5.74, 6) is 1.03. The van der Waals surface area contributed by atoms with Crippen LogP contribution in [0.15, 0.2) is 0 Å². The molecule has 0 aliphatic carbocycles. The molecule has 1 heterocycles. The minimum Gasteiger partial charge on any atom is -0.242 e. The Bertz CT molecular complexity index is 239. The average Bonchev–Trinajstić information content (AvgIpc) is 2.31. The topological polar surface area (TPSA) is 46.5 Å². The molecule has 0 atom stereocenters. The lowest BCUT2D eigenvalue weighted by Gasteiger charge is -1.95. The van der Waals surface area contributed by atoms with Crippen molar-refractivity contribution in [1.82, 2.24) is 20.2 Å². The fourth-order valence-corrected chi connectivity index (χ4v) is 1.08. The van der Waals surface area contributed by atoms with E-state index in [-0.39, 0.29) is 0 Å². The summed E-state index contributed by atoms with van der Waals surface area (Å²) in [5, 5.41) is 9.86. The highest BCUT2D eigenvalue weighted by Crippen LogP contribution is 1.93. The van der Waals surface area contributed by atoms with E-state index in [1.54, 1.807) is 16.4 Å². The average molecular weight is 176 g/mol. The summed E-state index contributed by atoms with van der Waals surface area (Å²) in [6.45, 7) is 0.854. The maximum Gasteiger partial charge on any atom is 0.238 e. The van der Waals surface area contributed by atoms with E-state index in [1.807, 2.05) is 6.26 Å². The molecule has 0 fully saturated rings. The Hall–Kier alpha value is -0.360. The molecule has 0 saturated heterocycles. The number of nitrogens with zero attached hydrogens (tertiary/aromatic N) is 3. The minimum absolute atomic E-state index is 0.522. The molecule has 1 N–H and O–H groups in total. The number of H-pyrrole nitrogens is 1. The fourth-order valence-electron chi connectivity index (χ4n) is 0.544. The van der Waals surface area contributed by atoms with E-state index in [9.17, 15) is 0 Å². The first-order valence-electron chi connectivity index (χ1n) is 2.81. The van der Waals surface area contributed by atoms with Gasteiger partial charge >= 0.3 is 0 Å². The second kappa shape index (κ2) is 3.72. The zero-order valence-electron chi connectivity index (χ0n) is 5.57. The lowest BCUT2D eigenvalue weighted by Crippen LogP contribution is -2.02. The molecule has 1 rings (SSSR count). The van der Waals surface area contributed by atoms with E-state index in [2.05, 4.69) is 15.5 Å². The number of tetrazole rings is 1. The van der Waals surface area contributed by atoms with Crippen LogP contribution in [0, 0.1) is 4.77 Å². The lowest BCUT2D eigenvalue weighted by atomic mass is 10.8. The minimum atomic E-state index is 0.522. The van der Waals surface area contributed by atoms with Gasteiger partial charge in [0.15, 0.2) is 0 Å². The van der Waals surface area contributed by atoms with E-state index >= 15 is 0 Å². The summed E-state index contributed by atoms with van der Waals surface area (Å²) in [4.78, 5) is 0. The van der Waals surface area contributed by atoms with Crippen molar-refractivity contribution in [1.29, 1.82) is 0 Å². The van der Waals surface area contributed by atoms with Crippen LogP contribution in [0.3, 0.4) is 0 Å². The molecule has 1 aromatic rings. The number of nitrogens with one attached hydrogen (secondary N) is 1. The summed E-state index contributed by atoms with van der Waals surface area (Å²) in [7, 11) is 0. The second-order valence-corrected chi connectivity index (χ2v) is 3.08. The first kappa shape index (κ1) is 7.74. The van der Waals surface area contributed by atoms with Crippen LogP contribution in [0.25, 0.3) is 0 Å². The molecule has 1 aromatic heterocycles. The number of aromatic amines is 1. The predicted octanol–water partition coefficient (Wildman–Crippen LogP) is 0.699. The Morgan fingerprint density at radius 1 is 1.80 bits per heavy atom. The van der Waals surface area contributed by atoms with Crippen molar-refractivity contribution in [3.63, 3.8) is 0 Å². The molecule has 0 saturated carbocycles. The number of hydrogen-bond acceptors (Lipinski definition) is 4. The second-order valence-electron chi connectivity index (χ2n) is 1.73. The van der Waals surface area contributed by atoms with Crippen LogP contribution in [-0.4, -0.2) is 32.2 Å². The number of hydrogen-bond donors (Lipinski definition) is 1. The quantitative estimate of drug-likeness (QED) is 0.689. The molecule has 10 heavy (non-hydrogen) atoms. The van der Waals surface area contributed by atoms with Crippen LogP contribution in [-0.2, 0) is 6.54 Å². The number of thioether (sulfide) groups is 1. The van der Waals surface area contributed by atoms with Crippen LogP contribution in [0.1, 0.15) is 0 Å². The number of aromatic nitrogens is 4. The summed E-state index contributed by atoms with van der Waals surface area (Å²) in [6, 6.07) is 0. The van der Waals surface area contributed by atoms with Crippen molar-refractivity contribution >= 4 is 24.0 Å². The van der Waals surface area contributed by atoms with Crippen molar-refractivity contribution in [2.75, 3.05) is 12.0 Å². The summed E-state index contributed by atoms with van der Waals surface area (Å²) >= 11 is 6.61. The maximum absolute atomic E-state index is 4.85. The maximum atomic E-state index is 4.85. The standard InChI is InChI=1S/C4H8N4S2/c1-10-3-2-8-4(9)5-6-7-8/h2-3H2,1H3,(H,5,7,9). The van der Waals surface area contributed by atoms with Gasteiger partial charge in [-0.1, -0.05) is 10.3 Å². The van der Waals surface area contributed by atoms with Crippen LogP contribution in [0.5, 0.6) is 0 Å². The third-order valence-corrected chi connectivity index (χ3v) is 1.94. The Morgan fingerprint density at radius 2 is 2.60 bits per heavy atom. The van der Waals surface area contributed by atoms with E-state index in [1.165, 1.54) is 0 Å². The van der Waals surface area contributed by atoms with Gasteiger partial charge in [-0.2, -0.15) is 17.0 Å². The highest BCUT2D eigenvalue weighted by Gasteiger charge is 1.91. The van der Waals surface area contributed by atoms with E-state index < -0.39 is 0 Å². The van der Waals surface area contributed by atoms with Crippen molar-refractivity contribution in [3.8, 4) is 0 Å². The molecular weight excluding hydrogens is 168 g/mol. The Labute approximate surface area is 68.0 Å². The van der Waals surface area contributed by atoms with E-state index in [0.717, 1.165) is 12.3 Å². The molecule has 0 amide bonds. The van der Waals surface area contributed by atoms with Crippen LogP contribution in [0.2, 0.25) is 0 Å². The monoisotopic (exact) mass is 176 g/mol. The van der Waals surface area contributed by atoms with Crippen molar-refractivity contribution < 1.29 is 0 Å². The van der Waals surface area contributed by atoms with E-state index in [0.29, 0.717) is 4.77 Å². The van der Waals surface area contributed by atoms with Gasteiger partial charge in [0.2, 0.25) is 4.77 Å². The molecule has 0 aliphatic heterocycles. The molecule has 0 aromatic carbocycles. The van der Waals surface area contributed by atoms with E-state index in [4.69, 9.17) is 12.2 Å². The first-order chi connectivity index (χ1) is 4.84. The highest BCUT2D eigenvalue weighted by molar-refractivity contribution is 7.98. The molecular formula is C4H8N4S2. The zero-order valence-corrected chi connectivity index (χ0v) is 7.21. The zero-order chi connectivity index (χ0) is 7.40. The van der Waals surface area contributed by atoms with Gasteiger partial charge in [0.1, 0.15) is 0 Å². The third kappa shape index (κ3) is 1.81. The SMILES string of the molecule is CSCCn1[nH]nnc1=S. The van der Waals surface area contributed by atoms with Gasteiger partial charge in [-0.3, -0.25) is 0 Å². The van der Waals surface area contributed by atoms with Crippen LogP contribution in [0.4, 0.5) is 0 Å². The molecule has 4 nitrogen and oxygen atoms in total. The molecule has 56 valence electrons. The van der Waals surface area contributed by atoms with Crippen LogP contribution >= 0.6 is 24.0 Å². The third-order valence-electron chi connectivity index (χ3n) is 1.05. The highest BCUT2D eigenvalue weighted by atomic mass is 32.2. The Balaban J connectivity index is 2.57. The number of rotatable bonds is 3. The van der Waals surface area contributed by atoms with Crippen molar-refractivity contribution in [2.45, 2.75) is 6.54 Å². The molecule has 0 radical (unpaired) electrons. The van der Waals surface area contributed by atoms with Crippen molar-refractivity contribution in [2.24, 2.45) is 0 Å². The van der Waals surface area contributed by atoms with Gasteiger partial charge in [-0.15, -0.1) is 0 Å². The summed E-state index contributed by atoms with van der Waals surface area (Å²) in [5.41, 5.74) is 0. The smallest absolute Gasteiger partial charge is 0.238 e.